The van der Waals surface area contributed by atoms with Crippen LogP contribution in [-0.4, -0.2) is 55.2 Å². The number of hydrogen-bond donors (Lipinski definition) is 1. The Bertz CT molecular complexity index is 195. The molecule has 3 nitrogen and oxygen atoms in total. The van der Waals surface area contributed by atoms with Crippen LogP contribution in [0, 0.1) is 5.92 Å². The predicted octanol–water partition coefficient (Wildman–Crippen LogP) is 1.35. The first-order valence-corrected chi connectivity index (χ1v) is 5.95. The van der Waals surface area contributed by atoms with Gasteiger partial charge in [-0.25, -0.2) is 0 Å². The minimum atomic E-state index is -0.172. The van der Waals surface area contributed by atoms with E-state index in [1.807, 2.05) is 35.0 Å². The SMILES string of the molecule is CC(C)C(S)C(=O)N(C)CCCN(C)C. The lowest BCUT2D eigenvalue weighted by Crippen LogP contribution is -2.37. The Morgan fingerprint density at radius 2 is 1.73 bits per heavy atom. The van der Waals surface area contributed by atoms with Crippen LogP contribution < -0.4 is 0 Å². The van der Waals surface area contributed by atoms with Gasteiger partial charge in [-0.2, -0.15) is 12.6 Å². The summed E-state index contributed by atoms with van der Waals surface area (Å²) in [5.41, 5.74) is 0. The number of thiol groups is 1. The largest absolute Gasteiger partial charge is 0.345 e. The van der Waals surface area contributed by atoms with Crippen molar-refractivity contribution in [2.24, 2.45) is 5.92 Å². The van der Waals surface area contributed by atoms with Crippen molar-refractivity contribution in [3.63, 3.8) is 0 Å². The summed E-state index contributed by atoms with van der Waals surface area (Å²) in [6.45, 7) is 5.85. The topological polar surface area (TPSA) is 23.6 Å². The van der Waals surface area contributed by atoms with Gasteiger partial charge in [-0.15, -0.1) is 0 Å². The third-order valence-corrected chi connectivity index (χ3v) is 3.18. The van der Waals surface area contributed by atoms with Crippen LogP contribution >= 0.6 is 12.6 Å². The Morgan fingerprint density at radius 3 is 2.13 bits per heavy atom. The third kappa shape index (κ3) is 6.05. The molecule has 0 saturated heterocycles. The van der Waals surface area contributed by atoms with E-state index in [0.29, 0.717) is 0 Å². The van der Waals surface area contributed by atoms with Gasteiger partial charge in [0.2, 0.25) is 5.91 Å². The molecule has 90 valence electrons. The van der Waals surface area contributed by atoms with Crippen molar-refractivity contribution in [1.29, 1.82) is 0 Å². The minimum Gasteiger partial charge on any atom is -0.345 e. The van der Waals surface area contributed by atoms with Crippen molar-refractivity contribution in [3.05, 3.63) is 0 Å². The second-order valence-corrected chi connectivity index (χ2v) is 5.16. The first-order chi connectivity index (χ1) is 6.86. The summed E-state index contributed by atoms with van der Waals surface area (Å²) >= 11 is 4.32. The summed E-state index contributed by atoms with van der Waals surface area (Å²) in [5.74, 6) is 0.421. The second kappa shape index (κ2) is 7.12. The maximum Gasteiger partial charge on any atom is 0.235 e. The molecule has 0 aromatic carbocycles. The molecule has 0 aliphatic rings. The van der Waals surface area contributed by atoms with E-state index in [-0.39, 0.29) is 17.1 Å². The molecule has 0 radical (unpaired) electrons. The van der Waals surface area contributed by atoms with Crippen LogP contribution in [-0.2, 0) is 4.79 Å². The molecule has 0 aromatic heterocycles. The molecule has 1 unspecified atom stereocenters. The lowest BCUT2D eigenvalue weighted by atomic mass is 10.1. The maximum absolute atomic E-state index is 11.8. The van der Waals surface area contributed by atoms with Crippen LogP contribution in [0.15, 0.2) is 0 Å². The van der Waals surface area contributed by atoms with Crippen molar-refractivity contribution >= 4 is 18.5 Å². The molecule has 0 aliphatic carbocycles. The molecule has 0 rings (SSSR count). The Balaban J connectivity index is 3.89. The number of amides is 1. The van der Waals surface area contributed by atoms with Crippen LogP contribution in [0.3, 0.4) is 0 Å². The van der Waals surface area contributed by atoms with Gasteiger partial charge in [-0.05, 0) is 33.0 Å². The van der Waals surface area contributed by atoms with Gasteiger partial charge in [-0.1, -0.05) is 13.8 Å². The van der Waals surface area contributed by atoms with Crippen molar-refractivity contribution < 1.29 is 4.79 Å². The summed E-state index contributed by atoms with van der Waals surface area (Å²) in [7, 11) is 5.93. The molecule has 0 fully saturated rings. The molecule has 0 aromatic rings. The maximum atomic E-state index is 11.8. The number of carbonyl (C=O) groups is 1. The summed E-state index contributed by atoms with van der Waals surface area (Å²) in [6, 6.07) is 0. The lowest BCUT2D eigenvalue weighted by molar-refractivity contribution is -0.130. The Kier molecular flexibility index (Phi) is 7.02. The summed E-state index contributed by atoms with van der Waals surface area (Å²) in [4.78, 5) is 15.7. The first kappa shape index (κ1) is 14.8. The number of hydrogen-bond acceptors (Lipinski definition) is 3. The molecular weight excluding hydrogens is 208 g/mol. The molecule has 0 bridgehead atoms. The fourth-order valence-electron chi connectivity index (χ4n) is 1.25. The molecule has 0 saturated carbocycles. The number of carbonyl (C=O) groups excluding carboxylic acids is 1. The van der Waals surface area contributed by atoms with Gasteiger partial charge in [0.15, 0.2) is 0 Å². The zero-order chi connectivity index (χ0) is 12.0. The zero-order valence-electron chi connectivity index (χ0n) is 10.5. The van der Waals surface area contributed by atoms with E-state index in [2.05, 4.69) is 17.5 Å². The van der Waals surface area contributed by atoms with Gasteiger partial charge in [0.05, 0.1) is 5.25 Å². The molecule has 0 aliphatic heterocycles. The van der Waals surface area contributed by atoms with Crippen molar-refractivity contribution in [2.45, 2.75) is 25.5 Å². The Labute approximate surface area is 99.2 Å². The molecule has 1 atom stereocenters. The standard InChI is InChI=1S/C11H24N2OS/c1-9(2)10(15)11(14)13(5)8-6-7-12(3)4/h9-10,15H,6-8H2,1-5H3. The minimum absolute atomic E-state index is 0.132. The Hall–Kier alpha value is -0.220. The third-order valence-electron chi connectivity index (χ3n) is 2.36. The highest BCUT2D eigenvalue weighted by Crippen LogP contribution is 2.11. The highest BCUT2D eigenvalue weighted by molar-refractivity contribution is 7.81. The molecule has 4 heteroatoms. The van der Waals surface area contributed by atoms with Crippen molar-refractivity contribution in [3.8, 4) is 0 Å². The molecular formula is C11H24N2OS. The van der Waals surface area contributed by atoms with Gasteiger partial charge >= 0.3 is 0 Å². The fourth-order valence-corrected chi connectivity index (χ4v) is 1.44. The normalized spacial score (nSPS) is 13.3. The fraction of sp³-hybridized carbons (Fsp3) is 0.909. The highest BCUT2D eigenvalue weighted by atomic mass is 32.1. The van der Waals surface area contributed by atoms with Crippen molar-refractivity contribution in [1.82, 2.24) is 9.80 Å². The van der Waals surface area contributed by atoms with E-state index in [4.69, 9.17) is 0 Å². The van der Waals surface area contributed by atoms with Gasteiger partial charge in [0, 0.05) is 13.6 Å². The van der Waals surface area contributed by atoms with Crippen molar-refractivity contribution in [2.75, 3.05) is 34.2 Å². The van der Waals surface area contributed by atoms with Gasteiger partial charge in [-0.3, -0.25) is 4.79 Å². The number of rotatable bonds is 6. The van der Waals surface area contributed by atoms with Crippen LogP contribution in [0.5, 0.6) is 0 Å². The van der Waals surface area contributed by atoms with E-state index in [0.717, 1.165) is 19.5 Å². The van der Waals surface area contributed by atoms with Gasteiger partial charge in [0.1, 0.15) is 0 Å². The predicted molar refractivity (Wildman–Crippen MR) is 68.4 cm³/mol. The molecule has 0 N–H and O–H groups in total. The average molecular weight is 232 g/mol. The van der Waals surface area contributed by atoms with Gasteiger partial charge < -0.3 is 9.80 Å². The second-order valence-electron chi connectivity index (χ2n) is 4.61. The van der Waals surface area contributed by atoms with E-state index in [1.54, 1.807) is 4.90 Å². The zero-order valence-corrected chi connectivity index (χ0v) is 11.4. The molecule has 0 spiro atoms. The summed E-state index contributed by atoms with van der Waals surface area (Å²) < 4.78 is 0. The first-order valence-electron chi connectivity index (χ1n) is 5.44. The number of nitrogens with zero attached hydrogens (tertiary/aromatic N) is 2. The smallest absolute Gasteiger partial charge is 0.235 e. The van der Waals surface area contributed by atoms with E-state index < -0.39 is 0 Å². The molecule has 1 amide bonds. The van der Waals surface area contributed by atoms with Crippen LogP contribution in [0.2, 0.25) is 0 Å². The van der Waals surface area contributed by atoms with Crippen LogP contribution in [0.25, 0.3) is 0 Å². The quantitative estimate of drug-likeness (QED) is 0.699. The summed E-state index contributed by atoms with van der Waals surface area (Å²) in [5, 5.41) is -0.172. The van der Waals surface area contributed by atoms with E-state index >= 15 is 0 Å². The molecule has 0 heterocycles. The lowest BCUT2D eigenvalue weighted by Gasteiger charge is -2.23. The molecule has 15 heavy (non-hydrogen) atoms. The van der Waals surface area contributed by atoms with Crippen LogP contribution in [0.4, 0.5) is 0 Å². The van der Waals surface area contributed by atoms with E-state index in [1.165, 1.54) is 0 Å². The van der Waals surface area contributed by atoms with Crippen LogP contribution in [0.1, 0.15) is 20.3 Å². The highest BCUT2D eigenvalue weighted by Gasteiger charge is 2.20. The Morgan fingerprint density at radius 1 is 1.20 bits per heavy atom. The monoisotopic (exact) mass is 232 g/mol. The summed E-state index contributed by atoms with van der Waals surface area (Å²) in [6.07, 6.45) is 1.01. The van der Waals surface area contributed by atoms with Gasteiger partial charge in [0.25, 0.3) is 0 Å². The average Bonchev–Trinajstić information content (AvgIpc) is 2.14. The van der Waals surface area contributed by atoms with E-state index in [9.17, 15) is 4.79 Å².